The highest BCUT2D eigenvalue weighted by atomic mass is 16.6. The van der Waals surface area contributed by atoms with E-state index in [1.165, 1.54) is 7.11 Å². The van der Waals surface area contributed by atoms with Crippen molar-refractivity contribution in [2.24, 2.45) is 0 Å². The zero-order chi connectivity index (χ0) is 17.6. The van der Waals surface area contributed by atoms with E-state index in [-0.39, 0.29) is 17.1 Å². The van der Waals surface area contributed by atoms with Gasteiger partial charge in [0.2, 0.25) is 0 Å². The number of carbonyl (C=O) groups excluding carboxylic acids is 2. The average Bonchev–Trinajstić information content (AvgIpc) is 2.79. The quantitative estimate of drug-likeness (QED) is 0.322. The lowest BCUT2D eigenvalue weighted by Gasteiger charge is -2.01. The number of esters is 1. The molecule has 0 N–H and O–H groups in total. The van der Waals surface area contributed by atoms with Crippen LogP contribution in [0.4, 0.5) is 0 Å². The van der Waals surface area contributed by atoms with Crippen LogP contribution in [0.3, 0.4) is 0 Å². The predicted octanol–water partition coefficient (Wildman–Crippen LogP) is 3.94. The number of allylic oxidation sites excluding steroid dienone is 8. The minimum Gasteiger partial charge on any atom is -0.492 e. The zero-order valence-electron chi connectivity index (χ0n) is 14.2. The Morgan fingerprint density at radius 1 is 1.22 bits per heavy atom. The number of methoxy groups -OCH3 is 1. The molecule has 4 heteroatoms. The first-order valence-corrected chi connectivity index (χ1v) is 7.22. The number of hydrogen-bond donors (Lipinski definition) is 0. The Labute approximate surface area is 137 Å². The van der Waals surface area contributed by atoms with Crippen LogP contribution in [0.5, 0.6) is 0 Å². The van der Waals surface area contributed by atoms with Crippen molar-refractivity contribution in [1.82, 2.24) is 0 Å². The summed E-state index contributed by atoms with van der Waals surface area (Å²) in [5, 5.41) is 0. The summed E-state index contributed by atoms with van der Waals surface area (Å²) in [6.07, 6.45) is 9.36. The predicted molar refractivity (Wildman–Crippen MR) is 90.4 cm³/mol. The Morgan fingerprint density at radius 2 is 1.87 bits per heavy atom. The van der Waals surface area contributed by atoms with Crippen LogP contribution >= 0.6 is 0 Å². The van der Waals surface area contributed by atoms with E-state index in [0.717, 1.165) is 11.1 Å². The first-order chi connectivity index (χ1) is 10.8. The topological polar surface area (TPSA) is 52.6 Å². The molecule has 1 heterocycles. The van der Waals surface area contributed by atoms with E-state index in [1.54, 1.807) is 19.1 Å². The van der Waals surface area contributed by atoms with Crippen molar-refractivity contribution in [3.8, 4) is 0 Å². The molecule has 0 bridgehead atoms. The van der Waals surface area contributed by atoms with E-state index in [2.05, 4.69) is 6.58 Å². The van der Waals surface area contributed by atoms with Crippen LogP contribution in [0.15, 0.2) is 70.8 Å². The van der Waals surface area contributed by atoms with Gasteiger partial charge in [-0.05, 0) is 33.3 Å². The van der Waals surface area contributed by atoms with Crippen molar-refractivity contribution >= 4 is 11.8 Å². The maximum absolute atomic E-state index is 12.4. The molecule has 0 unspecified atom stereocenters. The van der Waals surface area contributed by atoms with Crippen LogP contribution in [-0.2, 0) is 19.1 Å². The minimum atomic E-state index is -0.728. The molecule has 0 aromatic carbocycles. The van der Waals surface area contributed by atoms with Crippen molar-refractivity contribution in [3.63, 3.8) is 0 Å². The van der Waals surface area contributed by atoms with E-state index < -0.39 is 11.8 Å². The van der Waals surface area contributed by atoms with Gasteiger partial charge < -0.3 is 9.47 Å². The van der Waals surface area contributed by atoms with Crippen LogP contribution < -0.4 is 0 Å². The van der Waals surface area contributed by atoms with Crippen molar-refractivity contribution in [2.75, 3.05) is 7.11 Å². The van der Waals surface area contributed by atoms with Gasteiger partial charge in [-0.3, -0.25) is 4.79 Å². The molecule has 0 saturated heterocycles. The molecule has 4 nitrogen and oxygen atoms in total. The van der Waals surface area contributed by atoms with Crippen LogP contribution in [-0.4, -0.2) is 18.9 Å². The molecule has 0 aliphatic carbocycles. The summed E-state index contributed by atoms with van der Waals surface area (Å²) in [5.41, 5.74) is 2.51. The number of cyclic esters (lactones) is 1. The van der Waals surface area contributed by atoms with Crippen molar-refractivity contribution in [3.05, 3.63) is 70.8 Å². The highest BCUT2D eigenvalue weighted by molar-refractivity contribution is 6.25. The second-order valence-electron chi connectivity index (χ2n) is 5.18. The number of ether oxygens (including phenoxy) is 2. The van der Waals surface area contributed by atoms with E-state index >= 15 is 0 Å². The van der Waals surface area contributed by atoms with E-state index in [1.807, 2.05) is 39.0 Å². The fourth-order valence-electron chi connectivity index (χ4n) is 1.96. The highest BCUT2D eigenvalue weighted by Gasteiger charge is 2.35. The van der Waals surface area contributed by atoms with Gasteiger partial charge in [0.25, 0.3) is 0 Å². The van der Waals surface area contributed by atoms with E-state index in [9.17, 15) is 9.59 Å². The van der Waals surface area contributed by atoms with Gasteiger partial charge in [-0.1, -0.05) is 48.1 Å². The Balaban J connectivity index is 2.97. The molecular weight excluding hydrogens is 292 g/mol. The van der Waals surface area contributed by atoms with Gasteiger partial charge in [0.15, 0.2) is 22.9 Å². The Hall–Kier alpha value is -2.62. The van der Waals surface area contributed by atoms with Gasteiger partial charge in [0.05, 0.1) is 7.11 Å². The Morgan fingerprint density at radius 3 is 2.43 bits per heavy atom. The molecule has 23 heavy (non-hydrogen) atoms. The van der Waals surface area contributed by atoms with E-state index in [4.69, 9.17) is 9.47 Å². The number of rotatable bonds is 6. The SMILES string of the molecule is C=C1OC(=O)C(C(=O)/C(C)=C/C=C/C(C)=C/C(C)=C/C)=C1OC. The summed E-state index contributed by atoms with van der Waals surface area (Å²) in [4.78, 5) is 24.1. The standard InChI is InChI=1S/C19H22O4/c1-7-12(2)11-13(3)9-8-10-14(4)17(20)16-18(22-6)15(5)23-19(16)21/h7-11H,5H2,1-4,6H3/b9-8+,12-7+,13-11+,14-10+. The van der Waals surface area contributed by atoms with Gasteiger partial charge in [-0.25, -0.2) is 4.79 Å². The van der Waals surface area contributed by atoms with Crippen molar-refractivity contribution in [1.29, 1.82) is 0 Å². The maximum atomic E-state index is 12.4. The largest absolute Gasteiger partial charge is 0.492 e. The molecule has 1 aliphatic rings. The molecule has 0 aromatic rings. The lowest BCUT2D eigenvalue weighted by atomic mass is 10.0. The molecule has 0 atom stereocenters. The minimum absolute atomic E-state index is 0.0600. The van der Waals surface area contributed by atoms with E-state index in [0.29, 0.717) is 5.57 Å². The Bertz CT molecular complexity index is 682. The third kappa shape index (κ3) is 4.68. The smallest absolute Gasteiger partial charge is 0.351 e. The lowest BCUT2D eigenvalue weighted by molar-refractivity contribution is -0.134. The summed E-state index contributed by atoms with van der Waals surface area (Å²) >= 11 is 0. The second-order valence-corrected chi connectivity index (χ2v) is 5.18. The molecule has 1 aliphatic heterocycles. The summed E-state index contributed by atoms with van der Waals surface area (Å²) in [6, 6.07) is 0. The van der Waals surface area contributed by atoms with Crippen molar-refractivity contribution in [2.45, 2.75) is 27.7 Å². The number of hydrogen-bond acceptors (Lipinski definition) is 4. The monoisotopic (exact) mass is 314 g/mol. The summed E-state index contributed by atoms with van der Waals surface area (Å²) < 4.78 is 9.86. The molecular formula is C19H22O4. The van der Waals surface area contributed by atoms with Gasteiger partial charge in [0.1, 0.15) is 0 Å². The van der Waals surface area contributed by atoms with Gasteiger partial charge >= 0.3 is 5.97 Å². The van der Waals surface area contributed by atoms with Crippen LogP contribution in [0, 0.1) is 0 Å². The highest BCUT2D eigenvalue weighted by Crippen LogP contribution is 2.27. The van der Waals surface area contributed by atoms with Gasteiger partial charge in [-0.15, -0.1) is 0 Å². The third-order valence-corrected chi connectivity index (χ3v) is 3.31. The molecule has 0 spiro atoms. The first-order valence-electron chi connectivity index (χ1n) is 7.22. The van der Waals surface area contributed by atoms with Crippen LogP contribution in [0.2, 0.25) is 0 Å². The van der Waals surface area contributed by atoms with Gasteiger partial charge in [-0.2, -0.15) is 0 Å². The molecule has 122 valence electrons. The molecule has 1 rings (SSSR count). The normalized spacial score (nSPS) is 17.2. The lowest BCUT2D eigenvalue weighted by Crippen LogP contribution is -2.12. The summed E-state index contributed by atoms with van der Waals surface area (Å²) in [5.74, 6) is -1.00. The molecule has 0 saturated carbocycles. The summed E-state index contributed by atoms with van der Waals surface area (Å²) in [7, 11) is 1.37. The molecule has 0 aromatic heterocycles. The number of ketones is 1. The zero-order valence-corrected chi connectivity index (χ0v) is 14.2. The number of carbonyl (C=O) groups is 2. The second kappa shape index (κ2) is 8.13. The van der Waals surface area contributed by atoms with Crippen LogP contribution in [0.1, 0.15) is 27.7 Å². The number of Topliss-reactive ketones (excluding diaryl/α,β-unsaturated/α-hetero) is 1. The maximum Gasteiger partial charge on any atom is 0.351 e. The third-order valence-electron chi connectivity index (χ3n) is 3.31. The summed E-state index contributed by atoms with van der Waals surface area (Å²) in [6.45, 7) is 11.1. The average molecular weight is 314 g/mol. The molecule has 0 amide bonds. The molecule has 0 radical (unpaired) electrons. The van der Waals surface area contributed by atoms with Gasteiger partial charge in [0, 0.05) is 0 Å². The molecule has 0 fully saturated rings. The Kier molecular flexibility index (Phi) is 6.51. The van der Waals surface area contributed by atoms with Crippen molar-refractivity contribution < 1.29 is 19.1 Å². The fourth-order valence-corrected chi connectivity index (χ4v) is 1.96. The van der Waals surface area contributed by atoms with Crippen LogP contribution in [0.25, 0.3) is 0 Å². The first kappa shape index (κ1) is 18.4. The fraction of sp³-hybridized carbons (Fsp3) is 0.263.